The Morgan fingerprint density at radius 2 is 1.70 bits per heavy atom. The number of hydrogen-bond acceptors (Lipinski definition) is 6. The van der Waals surface area contributed by atoms with Gasteiger partial charge in [0.1, 0.15) is 0 Å². The van der Waals surface area contributed by atoms with Crippen molar-refractivity contribution in [2.45, 2.75) is 31.4 Å². The predicted octanol–water partition coefficient (Wildman–Crippen LogP) is 2.37. The molecule has 1 aromatic heterocycles. The molecule has 0 saturated heterocycles. The third-order valence-electron chi connectivity index (χ3n) is 2.84. The summed E-state index contributed by atoms with van der Waals surface area (Å²) in [6.07, 6.45) is 0. The quantitative estimate of drug-likeness (QED) is 0.809. The second kappa shape index (κ2) is 4.99. The van der Waals surface area contributed by atoms with Gasteiger partial charge in [-0.3, -0.25) is 4.18 Å². The lowest BCUT2D eigenvalue weighted by molar-refractivity contribution is 0.354. The van der Waals surface area contributed by atoms with Crippen LogP contribution in [-0.2, 0) is 19.7 Å². The van der Waals surface area contributed by atoms with Crippen LogP contribution in [0.5, 0.6) is 0 Å². The molecule has 0 saturated carbocycles. The average Bonchev–Trinajstić information content (AvgIpc) is 2.88. The van der Waals surface area contributed by atoms with Crippen LogP contribution in [0, 0.1) is 0 Å². The first-order valence-electron chi connectivity index (χ1n) is 5.99. The molecule has 1 heterocycles. The van der Waals surface area contributed by atoms with E-state index < -0.39 is 15.3 Å². The zero-order valence-electron chi connectivity index (χ0n) is 11.7. The SMILES string of the molecule is COS(=O)(=O)c1nnc(-c2ccc(C(C)(C)C)cc2)o1. The fraction of sp³-hybridized carbons (Fsp3) is 0.385. The van der Waals surface area contributed by atoms with Crippen molar-refractivity contribution in [3.8, 4) is 11.5 Å². The Hall–Kier alpha value is -1.73. The Bertz CT molecular complexity index is 697. The van der Waals surface area contributed by atoms with Crippen LogP contribution in [0.3, 0.4) is 0 Å². The summed E-state index contributed by atoms with van der Waals surface area (Å²) >= 11 is 0. The highest BCUT2D eigenvalue weighted by Gasteiger charge is 2.22. The Balaban J connectivity index is 2.34. The second-order valence-electron chi connectivity index (χ2n) is 5.32. The molecular weight excluding hydrogens is 280 g/mol. The van der Waals surface area contributed by atoms with Gasteiger partial charge in [-0.1, -0.05) is 38.0 Å². The van der Waals surface area contributed by atoms with E-state index in [2.05, 4.69) is 35.2 Å². The number of benzene rings is 1. The van der Waals surface area contributed by atoms with Gasteiger partial charge in [0.05, 0.1) is 7.11 Å². The third-order valence-corrected chi connectivity index (χ3v) is 3.87. The Kier molecular flexibility index (Phi) is 3.66. The highest BCUT2D eigenvalue weighted by molar-refractivity contribution is 7.86. The van der Waals surface area contributed by atoms with Crippen LogP contribution in [0.15, 0.2) is 33.9 Å². The van der Waals surface area contributed by atoms with E-state index in [1.54, 1.807) is 0 Å². The lowest BCUT2D eigenvalue weighted by Gasteiger charge is -2.18. The van der Waals surface area contributed by atoms with E-state index in [4.69, 9.17) is 4.42 Å². The molecule has 0 aliphatic heterocycles. The molecular formula is C13H16N2O4S. The van der Waals surface area contributed by atoms with Gasteiger partial charge in [-0.2, -0.15) is 8.42 Å². The average molecular weight is 296 g/mol. The van der Waals surface area contributed by atoms with Crippen molar-refractivity contribution in [1.29, 1.82) is 0 Å². The van der Waals surface area contributed by atoms with E-state index >= 15 is 0 Å². The smallest absolute Gasteiger partial charge is 0.364 e. The maximum Gasteiger partial charge on any atom is 0.364 e. The third kappa shape index (κ3) is 2.88. The first-order valence-corrected chi connectivity index (χ1v) is 7.40. The lowest BCUT2D eigenvalue weighted by atomic mass is 9.87. The molecule has 0 spiro atoms. The minimum atomic E-state index is -3.96. The van der Waals surface area contributed by atoms with Crippen LogP contribution in [0.2, 0.25) is 0 Å². The van der Waals surface area contributed by atoms with Gasteiger partial charge >= 0.3 is 15.3 Å². The van der Waals surface area contributed by atoms with Gasteiger partial charge in [0.15, 0.2) is 0 Å². The van der Waals surface area contributed by atoms with Crippen molar-refractivity contribution >= 4 is 10.1 Å². The first kappa shape index (κ1) is 14.7. The predicted molar refractivity (Wildman–Crippen MR) is 72.6 cm³/mol. The van der Waals surface area contributed by atoms with Crippen LogP contribution >= 0.6 is 0 Å². The fourth-order valence-corrected chi connectivity index (χ4v) is 2.08. The fourth-order valence-electron chi connectivity index (χ4n) is 1.61. The summed E-state index contributed by atoms with van der Waals surface area (Å²) in [5.41, 5.74) is 1.85. The largest absolute Gasteiger partial charge is 0.406 e. The van der Waals surface area contributed by atoms with E-state index in [1.807, 2.05) is 24.3 Å². The molecule has 0 N–H and O–H groups in total. The summed E-state index contributed by atoms with van der Waals surface area (Å²) in [6.45, 7) is 6.33. The normalized spacial score (nSPS) is 12.6. The Labute approximate surface area is 117 Å². The second-order valence-corrected chi connectivity index (χ2v) is 6.91. The minimum Gasteiger partial charge on any atom is -0.406 e. The van der Waals surface area contributed by atoms with Crippen LogP contribution in [0.1, 0.15) is 26.3 Å². The molecule has 2 aromatic rings. The highest BCUT2D eigenvalue weighted by Crippen LogP contribution is 2.26. The van der Waals surface area contributed by atoms with Gasteiger partial charge in [0, 0.05) is 5.56 Å². The summed E-state index contributed by atoms with van der Waals surface area (Å²) < 4.78 is 32.3. The Morgan fingerprint density at radius 1 is 1.10 bits per heavy atom. The van der Waals surface area contributed by atoms with Gasteiger partial charge in [0.2, 0.25) is 5.89 Å². The number of nitrogens with zero attached hydrogens (tertiary/aromatic N) is 2. The molecule has 108 valence electrons. The van der Waals surface area contributed by atoms with Crippen molar-refractivity contribution in [3.05, 3.63) is 29.8 Å². The zero-order chi connectivity index (χ0) is 15.0. The van der Waals surface area contributed by atoms with Gasteiger partial charge < -0.3 is 4.42 Å². The van der Waals surface area contributed by atoms with Gasteiger partial charge in [-0.15, -0.1) is 5.10 Å². The van der Waals surface area contributed by atoms with Gasteiger partial charge in [-0.25, -0.2) is 0 Å². The standard InChI is InChI=1S/C13H16N2O4S/c1-13(2,3)10-7-5-9(6-8-10)11-14-15-12(19-11)20(16,17)18-4/h5-8H,1-4H3. The minimum absolute atomic E-state index is 0.0396. The van der Waals surface area contributed by atoms with E-state index in [-0.39, 0.29) is 11.3 Å². The molecule has 0 unspecified atom stereocenters. The van der Waals surface area contributed by atoms with Crippen LogP contribution in [-0.4, -0.2) is 25.7 Å². The number of rotatable bonds is 3. The molecule has 2 rings (SSSR count). The molecule has 0 amide bonds. The zero-order valence-corrected chi connectivity index (χ0v) is 12.6. The summed E-state index contributed by atoms with van der Waals surface area (Å²) in [7, 11) is -2.92. The van der Waals surface area contributed by atoms with Crippen LogP contribution in [0.4, 0.5) is 0 Å². The molecule has 0 aliphatic rings. The summed E-state index contributed by atoms with van der Waals surface area (Å²) in [5, 5.41) is 6.65. The van der Waals surface area contributed by atoms with Crippen molar-refractivity contribution in [3.63, 3.8) is 0 Å². The molecule has 0 fully saturated rings. The molecule has 7 heteroatoms. The lowest BCUT2D eigenvalue weighted by Crippen LogP contribution is -2.10. The summed E-state index contributed by atoms with van der Waals surface area (Å²) in [4.78, 5) is 0. The van der Waals surface area contributed by atoms with Gasteiger partial charge in [-0.05, 0) is 23.1 Å². The molecule has 1 aromatic carbocycles. The molecule has 0 atom stereocenters. The first-order chi connectivity index (χ1) is 9.24. The molecule has 0 radical (unpaired) electrons. The highest BCUT2D eigenvalue weighted by atomic mass is 32.2. The summed E-state index contributed by atoms with van der Waals surface area (Å²) in [6, 6.07) is 7.53. The van der Waals surface area contributed by atoms with Crippen LogP contribution in [0.25, 0.3) is 11.5 Å². The number of aromatic nitrogens is 2. The monoisotopic (exact) mass is 296 g/mol. The number of hydrogen-bond donors (Lipinski definition) is 0. The van der Waals surface area contributed by atoms with Crippen LogP contribution < -0.4 is 0 Å². The molecule has 0 bridgehead atoms. The summed E-state index contributed by atoms with van der Waals surface area (Å²) in [5.74, 6) is 0.140. The van der Waals surface area contributed by atoms with Gasteiger partial charge in [0.25, 0.3) is 0 Å². The maximum absolute atomic E-state index is 11.4. The topological polar surface area (TPSA) is 82.3 Å². The van der Waals surface area contributed by atoms with E-state index in [1.165, 1.54) is 0 Å². The molecule has 0 aliphatic carbocycles. The Morgan fingerprint density at radius 3 is 2.20 bits per heavy atom. The van der Waals surface area contributed by atoms with Crippen molar-refractivity contribution in [2.24, 2.45) is 0 Å². The van der Waals surface area contributed by atoms with E-state index in [0.29, 0.717) is 5.56 Å². The van der Waals surface area contributed by atoms with Crippen molar-refractivity contribution < 1.29 is 17.0 Å². The molecule has 20 heavy (non-hydrogen) atoms. The van der Waals surface area contributed by atoms with E-state index in [9.17, 15) is 8.42 Å². The maximum atomic E-state index is 11.4. The molecule has 6 nitrogen and oxygen atoms in total. The van der Waals surface area contributed by atoms with Crippen molar-refractivity contribution in [1.82, 2.24) is 10.2 Å². The van der Waals surface area contributed by atoms with E-state index in [0.717, 1.165) is 12.7 Å². The van der Waals surface area contributed by atoms with Crippen molar-refractivity contribution in [2.75, 3.05) is 7.11 Å².